The number of anilines is 1. The van der Waals surface area contributed by atoms with Gasteiger partial charge in [0.2, 0.25) is 0 Å². The number of nitrogens with zero attached hydrogens (tertiary/aromatic N) is 3. The van der Waals surface area contributed by atoms with Gasteiger partial charge in [0.05, 0.1) is 11.9 Å². The second kappa shape index (κ2) is 6.64. The van der Waals surface area contributed by atoms with Crippen LogP contribution in [0.25, 0.3) is 16.8 Å². The fourth-order valence-electron chi connectivity index (χ4n) is 2.69. The molecule has 26 heavy (non-hydrogen) atoms. The van der Waals surface area contributed by atoms with Crippen molar-refractivity contribution >= 4 is 11.6 Å². The van der Waals surface area contributed by atoms with Crippen LogP contribution in [0.1, 0.15) is 10.5 Å². The zero-order valence-corrected chi connectivity index (χ0v) is 13.6. The van der Waals surface area contributed by atoms with Crippen LogP contribution in [0, 0.1) is 5.82 Å². The molecular formula is C19H14FN5O. The summed E-state index contributed by atoms with van der Waals surface area (Å²) in [5.41, 5.74) is 2.65. The maximum absolute atomic E-state index is 14.1. The molecule has 1 aromatic carbocycles. The first-order chi connectivity index (χ1) is 12.7. The summed E-state index contributed by atoms with van der Waals surface area (Å²) in [5, 5.41) is 9.46. The number of hydrogen-bond acceptors (Lipinski definition) is 3. The van der Waals surface area contributed by atoms with Crippen LogP contribution >= 0.6 is 0 Å². The highest BCUT2D eigenvalue weighted by Crippen LogP contribution is 2.23. The van der Waals surface area contributed by atoms with Gasteiger partial charge >= 0.3 is 0 Å². The van der Waals surface area contributed by atoms with Crippen molar-refractivity contribution < 1.29 is 9.18 Å². The summed E-state index contributed by atoms with van der Waals surface area (Å²) in [5.74, 6) is -0.738. The van der Waals surface area contributed by atoms with E-state index in [-0.39, 0.29) is 11.7 Å². The number of carbonyl (C=O) groups is 1. The number of halogens is 1. The van der Waals surface area contributed by atoms with Crippen molar-refractivity contribution in [2.45, 2.75) is 0 Å². The molecule has 0 aliphatic heterocycles. The molecule has 0 radical (unpaired) electrons. The van der Waals surface area contributed by atoms with Crippen LogP contribution in [0.4, 0.5) is 10.1 Å². The summed E-state index contributed by atoms with van der Waals surface area (Å²) >= 11 is 0. The summed E-state index contributed by atoms with van der Waals surface area (Å²) in [6.45, 7) is 0. The molecule has 0 bridgehead atoms. The van der Waals surface area contributed by atoms with E-state index in [4.69, 9.17) is 0 Å². The summed E-state index contributed by atoms with van der Waals surface area (Å²) in [7, 11) is 0. The third kappa shape index (κ3) is 2.98. The van der Waals surface area contributed by atoms with Gasteiger partial charge in [-0.3, -0.25) is 14.9 Å². The Morgan fingerprint density at radius 2 is 1.88 bits per heavy atom. The number of aromatic amines is 1. The van der Waals surface area contributed by atoms with Crippen LogP contribution in [0.3, 0.4) is 0 Å². The average Bonchev–Trinajstić information content (AvgIpc) is 3.36. The number of amides is 1. The number of H-pyrrole nitrogens is 1. The van der Waals surface area contributed by atoms with Crippen molar-refractivity contribution in [3.8, 4) is 16.8 Å². The SMILES string of the molecule is O=C(Nc1ccc(F)c(-n2cccc2)c1)c1[nH]ncc1-c1ccncc1. The number of pyridine rings is 1. The summed E-state index contributed by atoms with van der Waals surface area (Å²) < 4.78 is 15.7. The topological polar surface area (TPSA) is 75.6 Å². The number of rotatable bonds is 4. The minimum atomic E-state index is -0.377. The monoisotopic (exact) mass is 347 g/mol. The molecule has 0 aliphatic carbocycles. The van der Waals surface area contributed by atoms with Crippen LogP contribution < -0.4 is 5.32 Å². The Morgan fingerprint density at radius 1 is 1.12 bits per heavy atom. The highest BCUT2D eigenvalue weighted by Gasteiger charge is 2.16. The van der Waals surface area contributed by atoms with Crippen LogP contribution in [0.2, 0.25) is 0 Å². The largest absolute Gasteiger partial charge is 0.321 e. The van der Waals surface area contributed by atoms with E-state index in [0.717, 1.165) is 5.56 Å². The van der Waals surface area contributed by atoms with E-state index >= 15 is 0 Å². The van der Waals surface area contributed by atoms with E-state index in [9.17, 15) is 9.18 Å². The molecule has 3 heterocycles. The Bertz CT molecular complexity index is 1040. The molecule has 3 aromatic heterocycles. The molecule has 4 aromatic rings. The molecule has 4 rings (SSSR count). The van der Waals surface area contributed by atoms with Gasteiger partial charge in [-0.25, -0.2) is 4.39 Å². The fraction of sp³-hybridized carbons (Fsp3) is 0. The molecule has 0 saturated carbocycles. The minimum absolute atomic E-state index is 0.322. The molecule has 0 aliphatic rings. The Hall–Kier alpha value is -3.74. The first-order valence-electron chi connectivity index (χ1n) is 7.90. The smallest absolute Gasteiger partial charge is 0.274 e. The highest BCUT2D eigenvalue weighted by atomic mass is 19.1. The molecule has 0 atom stereocenters. The van der Waals surface area contributed by atoms with E-state index in [1.54, 1.807) is 65.9 Å². The van der Waals surface area contributed by atoms with Crippen LogP contribution in [0.15, 0.2) is 73.4 Å². The van der Waals surface area contributed by atoms with Gasteiger partial charge < -0.3 is 9.88 Å². The zero-order valence-electron chi connectivity index (χ0n) is 13.6. The van der Waals surface area contributed by atoms with Gasteiger partial charge in [0.15, 0.2) is 0 Å². The number of carbonyl (C=O) groups excluding carboxylic acids is 1. The Morgan fingerprint density at radius 3 is 2.65 bits per heavy atom. The predicted molar refractivity (Wildman–Crippen MR) is 95.5 cm³/mol. The molecule has 2 N–H and O–H groups in total. The second-order valence-corrected chi connectivity index (χ2v) is 5.61. The molecular weight excluding hydrogens is 333 g/mol. The van der Waals surface area contributed by atoms with Crippen molar-refractivity contribution in [3.05, 3.63) is 85.0 Å². The predicted octanol–water partition coefficient (Wildman–Crippen LogP) is 3.65. The van der Waals surface area contributed by atoms with Gasteiger partial charge in [-0.05, 0) is 48.0 Å². The lowest BCUT2D eigenvalue weighted by Crippen LogP contribution is -2.14. The Balaban J connectivity index is 1.62. The van der Waals surface area contributed by atoms with Gasteiger partial charge in [0.25, 0.3) is 5.91 Å². The third-order valence-electron chi connectivity index (χ3n) is 3.94. The molecule has 7 heteroatoms. The van der Waals surface area contributed by atoms with Crippen LogP contribution in [0.5, 0.6) is 0 Å². The van der Waals surface area contributed by atoms with Gasteiger partial charge in [-0.15, -0.1) is 0 Å². The van der Waals surface area contributed by atoms with E-state index in [2.05, 4.69) is 20.5 Å². The van der Waals surface area contributed by atoms with E-state index < -0.39 is 0 Å². The lowest BCUT2D eigenvalue weighted by Gasteiger charge is -2.10. The lowest BCUT2D eigenvalue weighted by molar-refractivity contribution is 0.102. The van der Waals surface area contributed by atoms with Crippen molar-refractivity contribution in [2.75, 3.05) is 5.32 Å². The first kappa shape index (κ1) is 15.8. The molecule has 128 valence electrons. The van der Waals surface area contributed by atoms with E-state index in [1.165, 1.54) is 12.1 Å². The number of hydrogen-bond donors (Lipinski definition) is 2. The summed E-state index contributed by atoms with van der Waals surface area (Å²) in [6, 6.07) is 11.6. The van der Waals surface area contributed by atoms with Crippen molar-refractivity contribution in [1.82, 2.24) is 19.7 Å². The number of benzene rings is 1. The van der Waals surface area contributed by atoms with Crippen molar-refractivity contribution in [1.29, 1.82) is 0 Å². The maximum Gasteiger partial charge on any atom is 0.274 e. The molecule has 1 amide bonds. The first-order valence-corrected chi connectivity index (χ1v) is 7.90. The Labute approximate surface area is 148 Å². The van der Waals surface area contributed by atoms with Crippen molar-refractivity contribution in [3.63, 3.8) is 0 Å². The highest BCUT2D eigenvalue weighted by molar-refractivity contribution is 6.07. The van der Waals surface area contributed by atoms with Crippen LogP contribution in [-0.2, 0) is 0 Å². The summed E-state index contributed by atoms with van der Waals surface area (Å²) in [4.78, 5) is 16.6. The van der Waals surface area contributed by atoms with Gasteiger partial charge in [-0.2, -0.15) is 5.10 Å². The third-order valence-corrected chi connectivity index (χ3v) is 3.94. The van der Waals surface area contributed by atoms with Gasteiger partial charge in [-0.1, -0.05) is 0 Å². The molecule has 0 spiro atoms. The minimum Gasteiger partial charge on any atom is -0.321 e. The molecule has 6 nitrogen and oxygen atoms in total. The molecule has 0 fully saturated rings. The molecule has 0 saturated heterocycles. The van der Waals surface area contributed by atoms with E-state index in [1.807, 2.05) is 0 Å². The second-order valence-electron chi connectivity index (χ2n) is 5.61. The van der Waals surface area contributed by atoms with Crippen molar-refractivity contribution in [2.24, 2.45) is 0 Å². The summed E-state index contributed by atoms with van der Waals surface area (Å²) in [6.07, 6.45) is 8.35. The quantitative estimate of drug-likeness (QED) is 0.592. The van der Waals surface area contributed by atoms with Gasteiger partial charge in [0, 0.05) is 36.0 Å². The lowest BCUT2D eigenvalue weighted by atomic mass is 10.1. The van der Waals surface area contributed by atoms with Crippen LogP contribution in [-0.4, -0.2) is 25.7 Å². The Kier molecular flexibility index (Phi) is 4.03. The molecule has 0 unspecified atom stereocenters. The standard InChI is InChI=1S/C19H14FN5O/c20-16-4-3-14(11-17(16)25-9-1-2-10-25)23-19(26)18-15(12-22-24-18)13-5-7-21-8-6-13/h1-12H,(H,22,24)(H,23,26). The average molecular weight is 347 g/mol. The number of nitrogens with one attached hydrogen (secondary N) is 2. The zero-order chi connectivity index (χ0) is 17.9. The van der Waals surface area contributed by atoms with E-state index in [0.29, 0.717) is 22.6 Å². The normalized spacial score (nSPS) is 10.7. The maximum atomic E-state index is 14.1. The fourth-order valence-corrected chi connectivity index (χ4v) is 2.69. The number of aromatic nitrogens is 4. The van der Waals surface area contributed by atoms with Gasteiger partial charge in [0.1, 0.15) is 11.5 Å².